The predicted octanol–water partition coefficient (Wildman–Crippen LogP) is 8.15. The lowest BCUT2D eigenvalue weighted by molar-refractivity contribution is 0.00578. The maximum absolute atomic E-state index is 6.21. The van der Waals surface area contributed by atoms with Gasteiger partial charge in [0.2, 0.25) is 0 Å². The third kappa shape index (κ3) is 11.0. The van der Waals surface area contributed by atoms with Crippen molar-refractivity contribution in [3.05, 3.63) is 112 Å². The summed E-state index contributed by atoms with van der Waals surface area (Å²) in [5.41, 5.74) is 15.3. The molecule has 2 saturated heterocycles. The average molecular weight is 814 g/mol. The number of benzene rings is 4. The van der Waals surface area contributed by atoms with Gasteiger partial charge in [0.1, 0.15) is 24.7 Å². The van der Waals surface area contributed by atoms with Gasteiger partial charge in [0.15, 0.2) is 0 Å². The van der Waals surface area contributed by atoms with E-state index in [9.17, 15) is 0 Å². The molecule has 0 unspecified atom stereocenters. The zero-order valence-electron chi connectivity index (χ0n) is 30.2. The van der Waals surface area contributed by atoms with Crippen molar-refractivity contribution in [3.63, 3.8) is 0 Å². The molecule has 50 heavy (non-hydrogen) atoms. The summed E-state index contributed by atoms with van der Waals surface area (Å²) in [5, 5.41) is 0. The number of hydrogen-bond acceptors (Lipinski definition) is 8. The molecule has 0 bridgehead atoms. The first-order chi connectivity index (χ1) is 23.0. The quantitative estimate of drug-likeness (QED) is 0.110. The van der Waals surface area contributed by atoms with Crippen LogP contribution in [0.1, 0.15) is 66.5 Å². The van der Waals surface area contributed by atoms with Gasteiger partial charge in [-0.05, 0) is 107 Å². The van der Waals surface area contributed by atoms with Crippen LogP contribution < -0.4 is 26.4 Å². The zero-order chi connectivity index (χ0) is 35.9. The van der Waals surface area contributed by atoms with E-state index in [-0.39, 0.29) is 34.8 Å². The lowest BCUT2D eigenvalue weighted by atomic mass is 9.78. The third-order valence-corrected chi connectivity index (χ3v) is 10.1. The van der Waals surface area contributed by atoms with E-state index in [0.717, 1.165) is 37.3 Å². The van der Waals surface area contributed by atoms with E-state index in [1.165, 1.54) is 7.69 Å². The molecule has 0 aromatic heterocycles. The molecule has 2 heterocycles. The van der Waals surface area contributed by atoms with E-state index in [4.69, 9.17) is 39.6 Å². The maximum atomic E-state index is 6.21. The summed E-state index contributed by atoms with van der Waals surface area (Å²) < 4.78 is 35.0. The summed E-state index contributed by atoms with van der Waals surface area (Å²) >= 11 is 2.20. The highest BCUT2D eigenvalue weighted by atomic mass is 127. The Morgan fingerprint density at radius 2 is 1.02 bits per heavy atom. The largest absolute Gasteiger partial charge is 0.496 e. The van der Waals surface area contributed by atoms with Crippen LogP contribution in [-0.2, 0) is 31.8 Å². The zero-order valence-corrected chi connectivity index (χ0v) is 33.2. The van der Waals surface area contributed by atoms with Gasteiger partial charge in [0.25, 0.3) is 0 Å². The number of halogens is 2. The first kappa shape index (κ1) is 41.5. The smallest absolute Gasteiger partial charge is 0.489 e. The molecule has 8 nitrogen and oxygen atoms in total. The van der Waals surface area contributed by atoms with Crippen LogP contribution in [0.5, 0.6) is 11.5 Å². The van der Waals surface area contributed by atoms with Crippen LogP contribution in [0.4, 0.5) is 11.4 Å². The number of hydrogen-bond donors (Lipinski definition) is 2. The molecule has 267 valence electrons. The van der Waals surface area contributed by atoms with Gasteiger partial charge < -0.3 is 39.6 Å². The van der Waals surface area contributed by atoms with Gasteiger partial charge in [-0.1, -0.05) is 66.7 Å². The molecular weight excluding hydrogens is 764 g/mol. The molecule has 2 aliphatic heterocycles. The van der Waals surface area contributed by atoms with Crippen LogP contribution in [0.15, 0.2) is 97.1 Å². The first-order valence-corrected chi connectivity index (χ1v) is 17.4. The minimum absolute atomic E-state index is 0. The van der Waals surface area contributed by atoms with Gasteiger partial charge in [-0.15, -0.1) is 12.4 Å². The average Bonchev–Trinajstić information content (AvgIpc) is 3.43. The normalized spacial score (nSPS) is 17.5. The van der Waals surface area contributed by atoms with Gasteiger partial charge in [-0.2, -0.15) is 0 Å². The minimum Gasteiger partial charge on any atom is -0.489 e. The topological polar surface area (TPSA) is 107 Å². The number of rotatable bonds is 7. The summed E-state index contributed by atoms with van der Waals surface area (Å²) in [7, 11) is 0.957. The second kappa shape index (κ2) is 17.5. The third-order valence-electron chi connectivity index (χ3n) is 9.16. The minimum atomic E-state index is -0.460. The van der Waals surface area contributed by atoms with Crippen molar-refractivity contribution in [2.24, 2.45) is 0 Å². The molecule has 0 saturated carbocycles. The van der Waals surface area contributed by atoms with Crippen LogP contribution >= 0.6 is 35.0 Å². The number of nitrogen functional groups attached to an aromatic ring is 2. The van der Waals surface area contributed by atoms with Crippen LogP contribution in [0.25, 0.3) is 0 Å². The van der Waals surface area contributed by atoms with Crippen molar-refractivity contribution in [3.8, 4) is 11.5 Å². The van der Waals surface area contributed by atoms with Crippen LogP contribution in [0, 0.1) is 3.57 Å². The van der Waals surface area contributed by atoms with E-state index in [0.29, 0.717) is 18.9 Å². The molecule has 1 radical (unpaired) electrons. The maximum Gasteiger partial charge on any atom is 0.496 e. The molecular formula is C38H49B2ClIN2O6. The fourth-order valence-electron chi connectivity index (χ4n) is 4.47. The van der Waals surface area contributed by atoms with E-state index in [1.54, 1.807) is 0 Å². The van der Waals surface area contributed by atoms with Crippen LogP contribution in [0.3, 0.4) is 0 Å². The standard InChI is InChI=1S/C19H24BNO3.C13H12INO.C6H12BO2.ClH/c1-18(2)19(3,4)24-20(23-18)16-11-10-15(12-17(16)21)22-13-14-8-6-5-7-9-14;14-12-7-6-11(8-13(12)15)16-9-10-4-2-1-3-5-10;1-5(2)6(3,4)9-7-8-5;/h5-12H,13,21H2,1-4H3;1-8H,9,15H2;1-4H3;1H. The highest BCUT2D eigenvalue weighted by molar-refractivity contribution is 14.1. The second-order valence-corrected chi connectivity index (χ2v) is 15.1. The summed E-state index contributed by atoms with van der Waals surface area (Å²) in [6, 6.07) is 31.5. The first-order valence-electron chi connectivity index (χ1n) is 16.3. The molecule has 0 amide bonds. The molecule has 12 heteroatoms. The fraction of sp³-hybridized carbons (Fsp3) is 0.368. The molecule has 4 N–H and O–H groups in total. The molecule has 2 aliphatic rings. The van der Waals surface area contributed by atoms with Crippen molar-refractivity contribution in [2.75, 3.05) is 11.5 Å². The highest BCUT2D eigenvalue weighted by Crippen LogP contribution is 2.37. The van der Waals surface area contributed by atoms with Gasteiger partial charge in [0.05, 0.1) is 22.4 Å². The summed E-state index contributed by atoms with van der Waals surface area (Å²) in [4.78, 5) is 0. The van der Waals surface area contributed by atoms with Gasteiger partial charge in [0, 0.05) is 32.5 Å². The van der Waals surface area contributed by atoms with Gasteiger partial charge in [-0.3, -0.25) is 0 Å². The molecule has 0 spiro atoms. The Morgan fingerprint density at radius 3 is 1.40 bits per heavy atom. The van der Waals surface area contributed by atoms with E-state index < -0.39 is 7.12 Å². The lowest BCUT2D eigenvalue weighted by Crippen LogP contribution is -2.41. The van der Waals surface area contributed by atoms with E-state index in [1.807, 2.05) is 152 Å². The number of ether oxygens (including phenoxy) is 2. The second-order valence-electron chi connectivity index (χ2n) is 14.0. The molecule has 2 fully saturated rings. The van der Waals surface area contributed by atoms with Crippen LogP contribution in [0.2, 0.25) is 0 Å². The van der Waals surface area contributed by atoms with Crippen molar-refractivity contribution in [1.82, 2.24) is 0 Å². The van der Waals surface area contributed by atoms with Gasteiger partial charge >= 0.3 is 14.8 Å². The Bertz CT molecular complexity index is 1630. The number of anilines is 2. The Kier molecular flexibility index (Phi) is 14.5. The van der Waals surface area contributed by atoms with Crippen molar-refractivity contribution in [1.29, 1.82) is 0 Å². The predicted molar refractivity (Wildman–Crippen MR) is 215 cm³/mol. The summed E-state index contributed by atoms with van der Waals surface area (Å²) in [6.45, 7) is 17.2. The van der Waals surface area contributed by atoms with Crippen LogP contribution in [-0.4, -0.2) is 37.2 Å². The Hall–Kier alpha value is -2.93. The molecule has 4 aromatic rings. The lowest BCUT2D eigenvalue weighted by Gasteiger charge is -2.32. The Balaban J connectivity index is 0.000000224. The van der Waals surface area contributed by atoms with Crippen molar-refractivity contribution >= 4 is 66.6 Å². The summed E-state index contributed by atoms with van der Waals surface area (Å²) in [5.74, 6) is 1.54. The fourth-order valence-corrected chi connectivity index (χ4v) is 4.80. The molecule has 6 rings (SSSR count). The highest BCUT2D eigenvalue weighted by Gasteiger charge is 2.52. The molecule has 0 aliphatic carbocycles. The van der Waals surface area contributed by atoms with Crippen molar-refractivity contribution < 1.29 is 28.1 Å². The van der Waals surface area contributed by atoms with E-state index in [2.05, 4.69) is 22.6 Å². The Morgan fingerprint density at radius 1 is 0.600 bits per heavy atom. The molecule has 4 aromatic carbocycles. The monoisotopic (exact) mass is 813 g/mol. The number of nitrogens with two attached hydrogens (primary N) is 2. The summed E-state index contributed by atoms with van der Waals surface area (Å²) in [6.07, 6.45) is 0. The molecule has 0 atom stereocenters. The van der Waals surface area contributed by atoms with Crippen molar-refractivity contribution in [2.45, 2.75) is 91.0 Å². The van der Waals surface area contributed by atoms with Gasteiger partial charge in [-0.25, -0.2) is 0 Å². The Labute approximate surface area is 318 Å². The SMILES string of the molecule is CC1(C)OB(c2ccc(OCc3ccccc3)cc2N)OC1(C)C.CC1(C)O[B]OC1(C)C.Cl.Nc1cc(OCc2ccccc2)ccc1I. The van der Waals surface area contributed by atoms with E-state index >= 15 is 0 Å².